The second-order valence-electron chi connectivity index (χ2n) is 9.21. The van der Waals surface area contributed by atoms with Crippen molar-refractivity contribution in [1.29, 1.82) is 0 Å². The lowest BCUT2D eigenvalue weighted by Crippen LogP contribution is -2.49. The number of hydrogen-bond acceptors (Lipinski definition) is 5. The van der Waals surface area contributed by atoms with E-state index in [1.807, 2.05) is 60.7 Å². The summed E-state index contributed by atoms with van der Waals surface area (Å²) in [5, 5.41) is 5.23. The van der Waals surface area contributed by atoms with Crippen LogP contribution >= 0.6 is 0 Å². The lowest BCUT2D eigenvalue weighted by atomic mass is 9.89. The van der Waals surface area contributed by atoms with Gasteiger partial charge in [0.05, 0.1) is 12.1 Å². The molecule has 2 N–H and O–H groups in total. The highest BCUT2D eigenvalue weighted by molar-refractivity contribution is 6.25. The van der Waals surface area contributed by atoms with Crippen LogP contribution in [0.15, 0.2) is 60.7 Å². The molecule has 2 aromatic carbocycles. The van der Waals surface area contributed by atoms with Gasteiger partial charge >= 0.3 is 6.09 Å². The number of rotatable bonds is 8. The van der Waals surface area contributed by atoms with E-state index in [1.54, 1.807) is 20.8 Å². The Morgan fingerprint density at radius 2 is 1.55 bits per heavy atom. The molecule has 1 saturated heterocycles. The fraction of sp³-hybridized carbons (Fsp3) is 0.385. The molecule has 1 heterocycles. The molecule has 0 spiro atoms. The molecule has 7 nitrogen and oxygen atoms in total. The van der Waals surface area contributed by atoms with Crippen LogP contribution in [0.5, 0.6) is 0 Å². The zero-order valence-corrected chi connectivity index (χ0v) is 19.2. The van der Waals surface area contributed by atoms with E-state index < -0.39 is 47.2 Å². The molecule has 1 fully saturated rings. The molecule has 1 aliphatic heterocycles. The fourth-order valence-corrected chi connectivity index (χ4v) is 3.82. The molecule has 3 rings (SSSR count). The molecule has 0 saturated carbocycles. The fourth-order valence-electron chi connectivity index (χ4n) is 3.82. The number of carbonyl (C=O) groups excluding carboxylic acids is 4. The van der Waals surface area contributed by atoms with Crippen molar-refractivity contribution in [2.75, 3.05) is 0 Å². The number of alkyl carbamates (subject to hydrolysis) is 1. The molecule has 0 bridgehead atoms. The average Bonchev–Trinajstić information content (AvgIpc) is 3.04. The van der Waals surface area contributed by atoms with Crippen LogP contribution in [0.4, 0.5) is 4.79 Å². The molecule has 174 valence electrons. The Bertz CT molecular complexity index is 998. The minimum absolute atomic E-state index is 0.144. The first-order chi connectivity index (χ1) is 15.6. The van der Waals surface area contributed by atoms with Gasteiger partial charge in [0.15, 0.2) is 17.5 Å². The van der Waals surface area contributed by atoms with Gasteiger partial charge in [-0.3, -0.25) is 14.4 Å². The molecule has 3 unspecified atom stereocenters. The van der Waals surface area contributed by atoms with E-state index >= 15 is 0 Å². The van der Waals surface area contributed by atoms with Crippen molar-refractivity contribution < 1.29 is 23.9 Å². The van der Waals surface area contributed by atoms with E-state index in [0.29, 0.717) is 12.8 Å². The summed E-state index contributed by atoms with van der Waals surface area (Å²) in [6.45, 7) is 5.14. The molecule has 1 aliphatic rings. The normalized spacial score (nSPS) is 19.0. The molecule has 0 aliphatic carbocycles. The summed E-state index contributed by atoms with van der Waals surface area (Å²) in [5.41, 5.74) is 1.08. The van der Waals surface area contributed by atoms with Crippen molar-refractivity contribution in [1.82, 2.24) is 10.6 Å². The predicted molar refractivity (Wildman–Crippen MR) is 124 cm³/mol. The molecular weight excluding hydrogens is 420 g/mol. The number of aryl methyl sites for hydroxylation is 1. The molecule has 0 radical (unpaired) electrons. The highest BCUT2D eigenvalue weighted by Gasteiger charge is 2.47. The van der Waals surface area contributed by atoms with Crippen molar-refractivity contribution in [2.45, 2.75) is 57.7 Å². The Balaban J connectivity index is 1.73. The lowest BCUT2D eigenvalue weighted by Gasteiger charge is -2.24. The quantitative estimate of drug-likeness (QED) is 0.602. The summed E-state index contributed by atoms with van der Waals surface area (Å²) in [4.78, 5) is 51.4. The molecule has 0 aromatic heterocycles. The van der Waals surface area contributed by atoms with Gasteiger partial charge in [0, 0.05) is 0 Å². The smallest absolute Gasteiger partial charge is 0.408 e. The summed E-state index contributed by atoms with van der Waals surface area (Å²) in [6.07, 6.45) is 0.372. The average molecular weight is 451 g/mol. The van der Waals surface area contributed by atoms with Crippen molar-refractivity contribution in [2.24, 2.45) is 5.92 Å². The Labute approximate surface area is 193 Å². The van der Waals surface area contributed by atoms with Crippen LogP contribution < -0.4 is 10.6 Å². The Morgan fingerprint density at radius 1 is 0.970 bits per heavy atom. The minimum atomic E-state index is -1.45. The maximum atomic E-state index is 13.3. The van der Waals surface area contributed by atoms with Gasteiger partial charge in [-0.2, -0.15) is 0 Å². The summed E-state index contributed by atoms with van der Waals surface area (Å²) < 4.78 is 5.29. The van der Waals surface area contributed by atoms with Crippen molar-refractivity contribution in [3.8, 4) is 0 Å². The predicted octanol–water partition coefficient (Wildman–Crippen LogP) is 3.01. The number of hydrogen-bond donors (Lipinski definition) is 2. The number of ether oxygens (including phenoxy) is 1. The molecule has 3 atom stereocenters. The van der Waals surface area contributed by atoms with E-state index in [0.717, 1.165) is 11.1 Å². The van der Waals surface area contributed by atoms with Crippen molar-refractivity contribution in [3.05, 3.63) is 71.8 Å². The summed E-state index contributed by atoms with van der Waals surface area (Å²) >= 11 is 0. The maximum absolute atomic E-state index is 13.3. The first kappa shape index (κ1) is 24.2. The van der Waals surface area contributed by atoms with Crippen LogP contribution in [-0.2, 0) is 32.0 Å². The first-order valence-electron chi connectivity index (χ1n) is 11.1. The standard InChI is InChI=1S/C26H30N2O5/c1-26(2,3)33-25(32)28-20(16-18-12-8-5-9-13-18)23(30)21-22(29)19(27-24(21)31)15-14-17-10-6-4-7-11-17/h4-13,19-21H,14-16H2,1-3H3,(H,27,31)(H,28,32). The second-order valence-corrected chi connectivity index (χ2v) is 9.21. The Kier molecular flexibility index (Phi) is 7.63. The highest BCUT2D eigenvalue weighted by Crippen LogP contribution is 2.20. The zero-order chi connectivity index (χ0) is 24.0. The monoisotopic (exact) mass is 450 g/mol. The first-order valence-corrected chi connectivity index (χ1v) is 11.1. The van der Waals surface area contributed by atoms with Gasteiger partial charge in [-0.05, 0) is 51.2 Å². The summed E-state index contributed by atoms with van der Waals surface area (Å²) in [5.74, 6) is -3.15. The van der Waals surface area contributed by atoms with Gasteiger partial charge in [-0.25, -0.2) is 4.79 Å². The molecule has 2 aromatic rings. The van der Waals surface area contributed by atoms with E-state index in [1.165, 1.54) is 0 Å². The van der Waals surface area contributed by atoms with E-state index in [2.05, 4.69) is 10.6 Å². The third-order valence-electron chi connectivity index (χ3n) is 5.37. The summed E-state index contributed by atoms with van der Waals surface area (Å²) in [6, 6.07) is 16.9. The van der Waals surface area contributed by atoms with Crippen molar-refractivity contribution in [3.63, 3.8) is 0 Å². The van der Waals surface area contributed by atoms with Gasteiger partial charge in [0.1, 0.15) is 5.60 Å². The number of ketones is 2. The van der Waals surface area contributed by atoms with Gasteiger partial charge in [-0.15, -0.1) is 0 Å². The van der Waals surface area contributed by atoms with Crippen molar-refractivity contribution >= 4 is 23.6 Å². The van der Waals surface area contributed by atoms with Gasteiger partial charge < -0.3 is 15.4 Å². The minimum Gasteiger partial charge on any atom is -0.444 e. The molecular formula is C26H30N2O5. The van der Waals surface area contributed by atoms with Crippen LogP contribution in [0.25, 0.3) is 0 Å². The van der Waals surface area contributed by atoms with Gasteiger partial charge in [-0.1, -0.05) is 60.7 Å². The Morgan fingerprint density at radius 3 is 2.12 bits per heavy atom. The Hall–Kier alpha value is -3.48. The largest absolute Gasteiger partial charge is 0.444 e. The van der Waals surface area contributed by atoms with Crippen LogP contribution in [0.3, 0.4) is 0 Å². The SMILES string of the molecule is CC(C)(C)OC(=O)NC(Cc1ccccc1)C(=O)C1C(=O)NC(CCc2ccccc2)C1=O. The summed E-state index contributed by atoms with van der Waals surface area (Å²) in [7, 11) is 0. The number of Topliss-reactive ketones (excluding diaryl/α,β-unsaturated/α-hetero) is 2. The second kappa shape index (κ2) is 10.4. The maximum Gasteiger partial charge on any atom is 0.408 e. The number of carbonyl (C=O) groups is 4. The molecule has 2 amide bonds. The van der Waals surface area contributed by atoms with E-state index in [-0.39, 0.29) is 6.42 Å². The van der Waals surface area contributed by atoms with Crippen LogP contribution in [0, 0.1) is 5.92 Å². The molecule has 33 heavy (non-hydrogen) atoms. The van der Waals surface area contributed by atoms with E-state index in [9.17, 15) is 19.2 Å². The highest BCUT2D eigenvalue weighted by atomic mass is 16.6. The number of nitrogens with one attached hydrogen (secondary N) is 2. The molecule has 7 heteroatoms. The van der Waals surface area contributed by atoms with Crippen LogP contribution in [0.2, 0.25) is 0 Å². The van der Waals surface area contributed by atoms with E-state index in [4.69, 9.17) is 4.74 Å². The zero-order valence-electron chi connectivity index (χ0n) is 19.2. The van der Waals surface area contributed by atoms with Crippen LogP contribution in [0.1, 0.15) is 38.3 Å². The topological polar surface area (TPSA) is 102 Å². The third-order valence-corrected chi connectivity index (χ3v) is 5.37. The van der Waals surface area contributed by atoms with Gasteiger partial charge in [0.2, 0.25) is 5.91 Å². The number of benzene rings is 2. The number of amides is 2. The third kappa shape index (κ3) is 6.75. The lowest BCUT2D eigenvalue weighted by molar-refractivity contribution is -0.137. The van der Waals surface area contributed by atoms with Crippen LogP contribution in [-0.4, -0.2) is 41.3 Å². The van der Waals surface area contributed by atoms with Gasteiger partial charge in [0.25, 0.3) is 0 Å².